The third kappa shape index (κ3) is 3.35. The van der Waals surface area contributed by atoms with Crippen LogP contribution in [0.5, 0.6) is 0 Å². The highest BCUT2D eigenvalue weighted by molar-refractivity contribution is 7.15. The summed E-state index contributed by atoms with van der Waals surface area (Å²) < 4.78 is 0. The van der Waals surface area contributed by atoms with E-state index in [0.717, 1.165) is 35.8 Å². The van der Waals surface area contributed by atoms with Crippen LogP contribution < -0.4 is 0 Å². The SMILES string of the molecule is CCC1CCC(C)N1C(=O)c1cc(C)c(/C=C/C(=O)O)s1. The zero-order valence-electron chi connectivity index (χ0n) is 12.6. The van der Waals surface area contributed by atoms with E-state index in [2.05, 4.69) is 13.8 Å². The minimum Gasteiger partial charge on any atom is -0.478 e. The first kappa shape index (κ1) is 15.8. The molecule has 2 atom stereocenters. The molecule has 1 saturated heterocycles. The minimum atomic E-state index is -0.977. The van der Waals surface area contributed by atoms with Crippen LogP contribution in [0.4, 0.5) is 0 Å². The number of hydrogen-bond donors (Lipinski definition) is 1. The first-order chi connectivity index (χ1) is 9.93. The first-order valence-corrected chi connectivity index (χ1v) is 8.09. The fourth-order valence-corrected chi connectivity index (χ4v) is 3.90. The Kier molecular flexibility index (Phi) is 4.83. The van der Waals surface area contributed by atoms with Crippen LogP contribution in [0.1, 0.15) is 53.2 Å². The number of carbonyl (C=O) groups is 2. The number of amides is 1. The Morgan fingerprint density at radius 3 is 2.81 bits per heavy atom. The van der Waals surface area contributed by atoms with Gasteiger partial charge in [-0.25, -0.2) is 4.79 Å². The van der Waals surface area contributed by atoms with Crippen LogP contribution in [0.25, 0.3) is 6.08 Å². The summed E-state index contributed by atoms with van der Waals surface area (Å²) in [5.74, 6) is -0.898. The maximum absolute atomic E-state index is 12.7. The van der Waals surface area contributed by atoms with Crippen molar-refractivity contribution >= 4 is 29.3 Å². The number of rotatable bonds is 4. The molecular weight excluding hydrogens is 286 g/mol. The standard InChI is InChI=1S/C16H21NO3S/c1-4-12-6-5-11(3)17(12)16(20)14-9-10(2)13(21-14)7-8-15(18)19/h7-9,11-12H,4-6H2,1-3H3,(H,18,19)/b8-7+. The fourth-order valence-electron chi connectivity index (χ4n) is 2.88. The van der Waals surface area contributed by atoms with Gasteiger partial charge in [0, 0.05) is 23.0 Å². The predicted octanol–water partition coefficient (Wildman–Crippen LogP) is 3.56. The average Bonchev–Trinajstić information content (AvgIpc) is 2.99. The number of thiophene rings is 1. The molecule has 0 saturated carbocycles. The highest BCUT2D eigenvalue weighted by atomic mass is 32.1. The summed E-state index contributed by atoms with van der Waals surface area (Å²) in [4.78, 5) is 26.9. The Hall–Kier alpha value is -1.62. The smallest absolute Gasteiger partial charge is 0.328 e. The highest BCUT2D eigenvalue weighted by Crippen LogP contribution is 2.31. The van der Waals surface area contributed by atoms with Crippen molar-refractivity contribution in [2.75, 3.05) is 0 Å². The molecule has 4 nitrogen and oxygen atoms in total. The van der Waals surface area contributed by atoms with Crippen LogP contribution in [0.2, 0.25) is 0 Å². The Bertz CT molecular complexity index is 576. The topological polar surface area (TPSA) is 57.6 Å². The Balaban J connectivity index is 2.24. The Morgan fingerprint density at radius 2 is 2.19 bits per heavy atom. The number of aliphatic carboxylic acids is 1. The molecule has 5 heteroatoms. The van der Waals surface area contributed by atoms with Crippen LogP contribution in [0.15, 0.2) is 12.1 Å². The van der Waals surface area contributed by atoms with E-state index in [9.17, 15) is 9.59 Å². The Labute approximate surface area is 129 Å². The molecule has 1 aromatic heterocycles. The maximum Gasteiger partial charge on any atom is 0.328 e. The molecule has 21 heavy (non-hydrogen) atoms. The van der Waals surface area contributed by atoms with Crippen molar-refractivity contribution in [2.24, 2.45) is 0 Å². The number of carbonyl (C=O) groups excluding carboxylic acids is 1. The summed E-state index contributed by atoms with van der Waals surface area (Å²) >= 11 is 1.37. The second-order valence-electron chi connectivity index (χ2n) is 5.53. The summed E-state index contributed by atoms with van der Waals surface area (Å²) in [6, 6.07) is 2.47. The maximum atomic E-state index is 12.7. The summed E-state index contributed by atoms with van der Waals surface area (Å²) in [5, 5.41) is 8.70. The second-order valence-corrected chi connectivity index (χ2v) is 6.61. The van der Waals surface area contributed by atoms with Gasteiger partial charge < -0.3 is 10.0 Å². The van der Waals surface area contributed by atoms with Crippen LogP contribution >= 0.6 is 11.3 Å². The largest absolute Gasteiger partial charge is 0.478 e. The van der Waals surface area contributed by atoms with E-state index in [0.29, 0.717) is 10.9 Å². The molecular formula is C16H21NO3S. The lowest BCUT2D eigenvalue weighted by Gasteiger charge is -2.27. The lowest BCUT2D eigenvalue weighted by molar-refractivity contribution is -0.131. The molecule has 1 aromatic rings. The molecule has 1 aliphatic rings. The van der Waals surface area contributed by atoms with Crippen LogP contribution in [0, 0.1) is 6.92 Å². The van der Waals surface area contributed by atoms with Crippen molar-refractivity contribution in [3.05, 3.63) is 27.5 Å². The molecule has 0 radical (unpaired) electrons. The molecule has 0 spiro atoms. The number of aryl methyl sites for hydroxylation is 1. The fraction of sp³-hybridized carbons (Fsp3) is 0.500. The van der Waals surface area contributed by atoms with Gasteiger partial charge in [0.1, 0.15) is 0 Å². The van der Waals surface area contributed by atoms with Gasteiger partial charge >= 0.3 is 5.97 Å². The average molecular weight is 307 g/mol. The van der Waals surface area contributed by atoms with Crippen LogP contribution in [-0.2, 0) is 4.79 Å². The lowest BCUT2D eigenvalue weighted by Crippen LogP contribution is -2.39. The van der Waals surface area contributed by atoms with Gasteiger partial charge in [-0.3, -0.25) is 4.79 Å². The van der Waals surface area contributed by atoms with Crippen molar-refractivity contribution in [1.82, 2.24) is 4.90 Å². The summed E-state index contributed by atoms with van der Waals surface area (Å²) in [7, 11) is 0. The molecule has 2 rings (SSSR count). The van der Waals surface area contributed by atoms with Crippen molar-refractivity contribution in [1.29, 1.82) is 0 Å². The minimum absolute atomic E-state index is 0.0786. The number of hydrogen-bond acceptors (Lipinski definition) is 3. The zero-order valence-corrected chi connectivity index (χ0v) is 13.4. The molecule has 2 unspecified atom stereocenters. The van der Waals surface area contributed by atoms with Crippen molar-refractivity contribution < 1.29 is 14.7 Å². The molecule has 1 amide bonds. The van der Waals surface area contributed by atoms with E-state index in [4.69, 9.17) is 5.11 Å². The molecule has 0 aliphatic carbocycles. The third-order valence-corrected chi connectivity index (χ3v) is 5.23. The molecule has 114 valence electrons. The monoisotopic (exact) mass is 307 g/mol. The summed E-state index contributed by atoms with van der Waals surface area (Å²) in [5.41, 5.74) is 0.945. The van der Waals surface area contributed by atoms with Crippen molar-refractivity contribution in [2.45, 2.75) is 52.1 Å². The lowest BCUT2D eigenvalue weighted by atomic mass is 10.1. The Morgan fingerprint density at radius 1 is 1.48 bits per heavy atom. The van der Waals surface area contributed by atoms with Gasteiger partial charge in [-0.15, -0.1) is 11.3 Å². The predicted molar refractivity (Wildman–Crippen MR) is 84.7 cm³/mol. The zero-order chi connectivity index (χ0) is 15.6. The highest BCUT2D eigenvalue weighted by Gasteiger charge is 2.34. The number of carboxylic acid groups (broad SMARTS) is 1. The van der Waals surface area contributed by atoms with Gasteiger partial charge in [0.25, 0.3) is 5.91 Å². The van der Waals surface area contributed by atoms with Gasteiger partial charge in [-0.2, -0.15) is 0 Å². The first-order valence-electron chi connectivity index (χ1n) is 7.28. The van der Waals surface area contributed by atoms with E-state index in [1.54, 1.807) is 6.08 Å². The van der Waals surface area contributed by atoms with Gasteiger partial charge in [0.2, 0.25) is 0 Å². The number of likely N-dealkylation sites (tertiary alicyclic amines) is 1. The van der Waals surface area contributed by atoms with E-state index < -0.39 is 5.97 Å². The molecule has 1 aliphatic heterocycles. The molecule has 0 bridgehead atoms. The van der Waals surface area contributed by atoms with Crippen molar-refractivity contribution in [3.8, 4) is 0 Å². The molecule has 1 fully saturated rings. The van der Waals surface area contributed by atoms with Gasteiger partial charge in [-0.05, 0) is 50.8 Å². The normalized spacial score (nSPS) is 22.1. The van der Waals surface area contributed by atoms with E-state index >= 15 is 0 Å². The van der Waals surface area contributed by atoms with E-state index in [-0.39, 0.29) is 11.9 Å². The molecule has 2 heterocycles. The number of carboxylic acids is 1. The summed E-state index contributed by atoms with van der Waals surface area (Å²) in [6.45, 7) is 6.11. The quantitative estimate of drug-likeness (QED) is 0.865. The van der Waals surface area contributed by atoms with Gasteiger partial charge in [-0.1, -0.05) is 6.92 Å². The van der Waals surface area contributed by atoms with Crippen molar-refractivity contribution in [3.63, 3.8) is 0 Å². The summed E-state index contributed by atoms with van der Waals surface area (Å²) in [6.07, 6.45) is 5.77. The van der Waals surface area contributed by atoms with Gasteiger partial charge in [0.15, 0.2) is 0 Å². The van der Waals surface area contributed by atoms with E-state index in [1.165, 1.54) is 11.3 Å². The van der Waals surface area contributed by atoms with Crippen LogP contribution in [-0.4, -0.2) is 34.0 Å². The number of nitrogens with zero attached hydrogens (tertiary/aromatic N) is 1. The molecule has 0 aromatic carbocycles. The third-order valence-electron chi connectivity index (χ3n) is 4.04. The van der Waals surface area contributed by atoms with Crippen LogP contribution in [0.3, 0.4) is 0 Å². The van der Waals surface area contributed by atoms with Gasteiger partial charge in [0.05, 0.1) is 4.88 Å². The van der Waals surface area contributed by atoms with E-state index in [1.807, 2.05) is 17.9 Å². The molecule has 1 N–H and O–H groups in total. The second kappa shape index (κ2) is 6.43.